The van der Waals surface area contributed by atoms with Gasteiger partial charge in [0, 0.05) is 6.07 Å². The summed E-state index contributed by atoms with van der Waals surface area (Å²) in [5, 5.41) is 9.00. The van der Waals surface area contributed by atoms with Crippen molar-refractivity contribution in [3.63, 3.8) is 0 Å². The maximum Gasteiger partial charge on any atom is 0.341 e. The van der Waals surface area contributed by atoms with E-state index in [2.05, 4.69) is 0 Å². The number of carboxylic acid groups (broad SMARTS) is 1. The van der Waals surface area contributed by atoms with Gasteiger partial charge in [-0.15, -0.1) is 0 Å². The summed E-state index contributed by atoms with van der Waals surface area (Å²) in [5.74, 6) is -2.89. The van der Waals surface area contributed by atoms with Crippen molar-refractivity contribution < 1.29 is 23.4 Å². The highest BCUT2D eigenvalue weighted by molar-refractivity contribution is 5.97. The van der Waals surface area contributed by atoms with Crippen LogP contribution in [0.1, 0.15) is 10.4 Å². The molecule has 6 heteroatoms. The number of hydrogen-bond acceptors (Lipinski definition) is 3. The first-order chi connectivity index (χ1) is 8.99. The lowest BCUT2D eigenvalue weighted by Gasteiger charge is -2.11. The number of halogens is 2. The second-order valence-corrected chi connectivity index (χ2v) is 3.70. The SMILES string of the molecule is Nc1c(F)ccc(Oc2cccc(F)c2)c1C(=O)O. The van der Waals surface area contributed by atoms with Crippen molar-refractivity contribution in [1.82, 2.24) is 0 Å². The number of benzene rings is 2. The first kappa shape index (κ1) is 12.8. The number of aromatic carboxylic acids is 1. The molecule has 0 atom stereocenters. The molecular weight excluding hydrogens is 256 g/mol. The molecule has 0 heterocycles. The van der Waals surface area contributed by atoms with Gasteiger partial charge in [-0.05, 0) is 24.3 Å². The van der Waals surface area contributed by atoms with Crippen molar-refractivity contribution in [2.75, 3.05) is 5.73 Å². The molecule has 2 aromatic rings. The maximum atomic E-state index is 13.2. The van der Waals surface area contributed by atoms with Crippen LogP contribution >= 0.6 is 0 Å². The number of nitrogen functional groups attached to an aromatic ring is 1. The molecule has 4 nitrogen and oxygen atoms in total. The van der Waals surface area contributed by atoms with E-state index in [1.165, 1.54) is 18.2 Å². The topological polar surface area (TPSA) is 72.5 Å². The van der Waals surface area contributed by atoms with Gasteiger partial charge < -0.3 is 15.6 Å². The standard InChI is InChI=1S/C13H9F2NO3/c14-7-2-1-3-8(6-7)19-10-5-4-9(15)12(16)11(10)13(17)18/h1-6H,16H2,(H,17,18). The summed E-state index contributed by atoms with van der Waals surface area (Å²) in [5.41, 5.74) is 4.34. The van der Waals surface area contributed by atoms with Crippen molar-refractivity contribution in [2.24, 2.45) is 0 Å². The summed E-state index contributed by atoms with van der Waals surface area (Å²) in [6, 6.07) is 7.23. The molecule has 0 aliphatic rings. The number of carboxylic acids is 1. The van der Waals surface area contributed by atoms with Crippen LogP contribution in [0.3, 0.4) is 0 Å². The van der Waals surface area contributed by atoms with E-state index in [1.54, 1.807) is 0 Å². The number of carbonyl (C=O) groups is 1. The lowest BCUT2D eigenvalue weighted by Crippen LogP contribution is -2.07. The molecule has 98 valence electrons. The highest BCUT2D eigenvalue weighted by atomic mass is 19.1. The molecule has 0 saturated carbocycles. The van der Waals surface area contributed by atoms with E-state index in [1.807, 2.05) is 0 Å². The summed E-state index contributed by atoms with van der Waals surface area (Å²) in [6.07, 6.45) is 0. The van der Waals surface area contributed by atoms with Crippen LogP contribution in [0, 0.1) is 11.6 Å². The zero-order valence-corrected chi connectivity index (χ0v) is 9.56. The number of anilines is 1. The van der Waals surface area contributed by atoms with Gasteiger partial charge in [-0.1, -0.05) is 6.07 Å². The Morgan fingerprint density at radius 3 is 2.58 bits per heavy atom. The van der Waals surface area contributed by atoms with Crippen LogP contribution in [0.2, 0.25) is 0 Å². The first-order valence-corrected chi connectivity index (χ1v) is 5.23. The van der Waals surface area contributed by atoms with Crippen LogP contribution < -0.4 is 10.5 Å². The minimum Gasteiger partial charge on any atom is -0.477 e. The predicted molar refractivity (Wildman–Crippen MR) is 64.2 cm³/mol. The van der Waals surface area contributed by atoms with E-state index in [-0.39, 0.29) is 11.5 Å². The zero-order chi connectivity index (χ0) is 14.0. The van der Waals surface area contributed by atoms with E-state index >= 15 is 0 Å². The normalized spacial score (nSPS) is 10.2. The quantitative estimate of drug-likeness (QED) is 0.836. The Morgan fingerprint density at radius 1 is 1.21 bits per heavy atom. The van der Waals surface area contributed by atoms with Gasteiger partial charge in [-0.2, -0.15) is 0 Å². The van der Waals surface area contributed by atoms with Gasteiger partial charge in [-0.25, -0.2) is 13.6 Å². The van der Waals surface area contributed by atoms with Crippen LogP contribution in [0.15, 0.2) is 36.4 Å². The lowest BCUT2D eigenvalue weighted by molar-refractivity contribution is 0.0695. The van der Waals surface area contributed by atoms with Crippen molar-refractivity contribution in [2.45, 2.75) is 0 Å². The third-order valence-electron chi connectivity index (χ3n) is 2.39. The minimum atomic E-state index is -1.43. The van der Waals surface area contributed by atoms with Gasteiger partial charge in [0.15, 0.2) is 0 Å². The van der Waals surface area contributed by atoms with E-state index < -0.39 is 28.9 Å². The Kier molecular flexibility index (Phi) is 3.33. The fraction of sp³-hybridized carbons (Fsp3) is 0. The molecule has 2 rings (SSSR count). The van der Waals surface area contributed by atoms with E-state index in [0.29, 0.717) is 0 Å². The predicted octanol–water partition coefficient (Wildman–Crippen LogP) is 3.04. The molecule has 0 aromatic heterocycles. The average Bonchev–Trinajstić information content (AvgIpc) is 2.33. The van der Waals surface area contributed by atoms with Gasteiger partial charge in [-0.3, -0.25) is 0 Å². The van der Waals surface area contributed by atoms with Crippen LogP contribution in [0.25, 0.3) is 0 Å². The van der Waals surface area contributed by atoms with Crippen LogP contribution in [-0.4, -0.2) is 11.1 Å². The van der Waals surface area contributed by atoms with Gasteiger partial charge in [0.25, 0.3) is 0 Å². The van der Waals surface area contributed by atoms with Crippen LogP contribution in [0.5, 0.6) is 11.5 Å². The Bertz CT molecular complexity index is 644. The second-order valence-electron chi connectivity index (χ2n) is 3.70. The van der Waals surface area contributed by atoms with Crippen LogP contribution in [-0.2, 0) is 0 Å². The summed E-state index contributed by atoms with van der Waals surface area (Å²) in [7, 11) is 0. The molecule has 0 saturated heterocycles. The lowest BCUT2D eigenvalue weighted by atomic mass is 10.1. The average molecular weight is 265 g/mol. The molecule has 0 aliphatic heterocycles. The number of rotatable bonds is 3. The molecule has 2 aromatic carbocycles. The molecule has 0 radical (unpaired) electrons. The Labute approximate surface area is 107 Å². The summed E-state index contributed by atoms with van der Waals surface area (Å²) < 4.78 is 31.4. The number of hydrogen-bond donors (Lipinski definition) is 2. The van der Waals surface area contributed by atoms with Gasteiger partial charge in [0.05, 0.1) is 5.69 Å². The molecule has 0 spiro atoms. The summed E-state index contributed by atoms with van der Waals surface area (Å²) in [4.78, 5) is 11.1. The summed E-state index contributed by atoms with van der Waals surface area (Å²) >= 11 is 0. The van der Waals surface area contributed by atoms with E-state index in [9.17, 15) is 13.6 Å². The molecule has 0 amide bonds. The maximum absolute atomic E-state index is 13.2. The molecule has 0 aliphatic carbocycles. The van der Waals surface area contributed by atoms with Crippen molar-refractivity contribution in [1.29, 1.82) is 0 Å². The molecule has 0 bridgehead atoms. The third-order valence-corrected chi connectivity index (χ3v) is 2.39. The monoisotopic (exact) mass is 265 g/mol. The molecule has 0 unspecified atom stereocenters. The van der Waals surface area contributed by atoms with Gasteiger partial charge in [0.1, 0.15) is 28.7 Å². The largest absolute Gasteiger partial charge is 0.477 e. The Balaban J connectivity index is 2.46. The fourth-order valence-corrected chi connectivity index (χ4v) is 1.54. The van der Waals surface area contributed by atoms with Crippen molar-refractivity contribution >= 4 is 11.7 Å². The molecule has 0 fully saturated rings. The van der Waals surface area contributed by atoms with Crippen molar-refractivity contribution in [3.05, 3.63) is 53.6 Å². The highest BCUT2D eigenvalue weighted by Crippen LogP contribution is 2.31. The van der Waals surface area contributed by atoms with Gasteiger partial charge in [0.2, 0.25) is 0 Å². The van der Waals surface area contributed by atoms with Gasteiger partial charge >= 0.3 is 5.97 Å². The molecule has 3 N–H and O–H groups in total. The minimum absolute atomic E-state index is 0.0912. The van der Waals surface area contributed by atoms with E-state index in [4.69, 9.17) is 15.6 Å². The van der Waals surface area contributed by atoms with Crippen LogP contribution in [0.4, 0.5) is 14.5 Å². The van der Waals surface area contributed by atoms with E-state index in [0.717, 1.165) is 18.2 Å². The zero-order valence-electron chi connectivity index (χ0n) is 9.56. The second kappa shape index (κ2) is 4.93. The Morgan fingerprint density at radius 2 is 1.95 bits per heavy atom. The number of nitrogens with two attached hydrogens (primary N) is 1. The molecular formula is C13H9F2NO3. The fourth-order valence-electron chi connectivity index (χ4n) is 1.54. The van der Waals surface area contributed by atoms with Crippen molar-refractivity contribution in [3.8, 4) is 11.5 Å². The number of ether oxygens (including phenoxy) is 1. The summed E-state index contributed by atoms with van der Waals surface area (Å²) in [6.45, 7) is 0. The molecule has 19 heavy (non-hydrogen) atoms. The Hall–Kier alpha value is -2.63. The first-order valence-electron chi connectivity index (χ1n) is 5.23. The highest BCUT2D eigenvalue weighted by Gasteiger charge is 2.19. The smallest absolute Gasteiger partial charge is 0.341 e. The third kappa shape index (κ3) is 2.62.